The summed E-state index contributed by atoms with van der Waals surface area (Å²) in [6.07, 6.45) is 5.48. The van der Waals surface area contributed by atoms with Gasteiger partial charge in [-0.15, -0.1) is 0 Å². The molecule has 26 heavy (non-hydrogen) atoms. The molecule has 1 aliphatic heterocycles. The van der Waals surface area contributed by atoms with E-state index < -0.39 is 0 Å². The molecule has 2 N–H and O–H groups in total. The lowest BCUT2D eigenvalue weighted by Gasteiger charge is -2.28. The molecule has 1 amide bonds. The van der Waals surface area contributed by atoms with Gasteiger partial charge in [-0.2, -0.15) is 0 Å². The average Bonchev–Trinajstić information content (AvgIpc) is 3.18. The van der Waals surface area contributed by atoms with Crippen molar-refractivity contribution in [2.45, 2.75) is 25.8 Å². The fourth-order valence-electron chi connectivity index (χ4n) is 3.18. The summed E-state index contributed by atoms with van der Waals surface area (Å²) in [5, 5.41) is 6.76. The fraction of sp³-hybridized carbons (Fsp3) is 0.421. The van der Waals surface area contributed by atoms with Crippen molar-refractivity contribution in [2.75, 3.05) is 31.5 Å². The third-order valence-corrected chi connectivity index (χ3v) is 4.79. The molecule has 1 saturated heterocycles. The Morgan fingerprint density at radius 1 is 1.19 bits per heavy atom. The number of likely N-dealkylation sites (tertiary alicyclic amines) is 1. The van der Waals surface area contributed by atoms with Crippen molar-refractivity contribution in [2.24, 2.45) is 0 Å². The van der Waals surface area contributed by atoms with E-state index in [-0.39, 0.29) is 11.9 Å². The van der Waals surface area contributed by atoms with Crippen LogP contribution in [0.2, 0.25) is 5.02 Å². The van der Waals surface area contributed by atoms with Crippen molar-refractivity contribution in [3.63, 3.8) is 0 Å². The number of benzene rings is 1. The summed E-state index contributed by atoms with van der Waals surface area (Å²) >= 11 is 6.02. The van der Waals surface area contributed by atoms with E-state index in [1.807, 2.05) is 31.2 Å². The summed E-state index contributed by atoms with van der Waals surface area (Å²) in [5.74, 6) is 0.367. The van der Waals surface area contributed by atoms with Gasteiger partial charge in [0.25, 0.3) is 5.91 Å². The Balaban J connectivity index is 1.66. The molecule has 2 aromatic rings. The van der Waals surface area contributed by atoms with Crippen molar-refractivity contribution in [1.82, 2.24) is 20.2 Å². The number of hydrogen-bond donors (Lipinski definition) is 2. The number of nitrogens with one attached hydrogen (secondary N) is 2. The molecule has 0 unspecified atom stereocenters. The Morgan fingerprint density at radius 3 is 2.46 bits per heavy atom. The number of halogens is 1. The Hall–Kier alpha value is -2.18. The van der Waals surface area contributed by atoms with Crippen LogP contribution in [0.3, 0.4) is 0 Å². The molecule has 1 fully saturated rings. The van der Waals surface area contributed by atoms with Gasteiger partial charge in [0.15, 0.2) is 0 Å². The molecule has 3 rings (SSSR count). The molecule has 0 aliphatic carbocycles. The van der Waals surface area contributed by atoms with Gasteiger partial charge < -0.3 is 10.6 Å². The molecular weight excluding hydrogens is 350 g/mol. The van der Waals surface area contributed by atoms with E-state index in [2.05, 4.69) is 25.5 Å². The number of aromatic nitrogens is 2. The average molecular weight is 374 g/mol. The summed E-state index contributed by atoms with van der Waals surface area (Å²) < 4.78 is 0. The second-order valence-corrected chi connectivity index (χ2v) is 6.78. The predicted molar refractivity (Wildman–Crippen MR) is 104 cm³/mol. The largest absolute Gasteiger partial charge is 0.355 e. The second kappa shape index (κ2) is 8.96. The van der Waals surface area contributed by atoms with Crippen molar-refractivity contribution in [3.8, 4) is 0 Å². The quantitative estimate of drug-likeness (QED) is 0.780. The lowest BCUT2D eigenvalue weighted by atomic mass is 10.1. The molecule has 138 valence electrons. The molecule has 0 bridgehead atoms. The molecule has 7 heteroatoms. The SMILES string of the molecule is CCNc1ncc(C(=O)NC[C@@H](c2ccc(Cl)cc2)N2CCCC2)cn1. The van der Waals surface area contributed by atoms with Gasteiger partial charge >= 0.3 is 0 Å². The topological polar surface area (TPSA) is 70.2 Å². The smallest absolute Gasteiger partial charge is 0.254 e. The molecule has 0 spiro atoms. The third kappa shape index (κ3) is 4.71. The highest BCUT2D eigenvalue weighted by atomic mass is 35.5. The van der Waals surface area contributed by atoms with Crippen LogP contribution < -0.4 is 10.6 Å². The highest BCUT2D eigenvalue weighted by Crippen LogP contribution is 2.25. The zero-order valence-corrected chi connectivity index (χ0v) is 15.7. The van der Waals surface area contributed by atoms with Crippen LogP contribution in [0.15, 0.2) is 36.7 Å². The maximum Gasteiger partial charge on any atom is 0.254 e. The zero-order chi connectivity index (χ0) is 18.4. The maximum absolute atomic E-state index is 12.5. The highest BCUT2D eigenvalue weighted by Gasteiger charge is 2.24. The normalized spacial score (nSPS) is 15.6. The second-order valence-electron chi connectivity index (χ2n) is 6.35. The van der Waals surface area contributed by atoms with Crippen LogP contribution in [-0.4, -0.2) is 47.0 Å². The minimum atomic E-state index is -0.161. The van der Waals surface area contributed by atoms with Crippen LogP contribution in [0.1, 0.15) is 41.7 Å². The first kappa shape index (κ1) is 18.6. The van der Waals surface area contributed by atoms with Gasteiger partial charge in [0.05, 0.1) is 11.6 Å². The first-order valence-electron chi connectivity index (χ1n) is 9.01. The molecular formula is C19H24ClN5O. The lowest BCUT2D eigenvalue weighted by Crippen LogP contribution is -2.36. The van der Waals surface area contributed by atoms with Crippen LogP contribution in [0, 0.1) is 0 Å². The summed E-state index contributed by atoms with van der Waals surface area (Å²) in [6, 6.07) is 8.00. The van der Waals surface area contributed by atoms with Gasteiger partial charge in [0, 0.05) is 30.5 Å². The van der Waals surface area contributed by atoms with Gasteiger partial charge in [-0.3, -0.25) is 9.69 Å². The molecule has 0 radical (unpaired) electrons. The van der Waals surface area contributed by atoms with E-state index in [9.17, 15) is 4.79 Å². The minimum absolute atomic E-state index is 0.140. The van der Waals surface area contributed by atoms with Crippen molar-refractivity contribution in [1.29, 1.82) is 0 Å². The molecule has 6 nitrogen and oxygen atoms in total. The molecule has 2 heterocycles. The Bertz CT molecular complexity index is 714. The number of rotatable bonds is 7. The summed E-state index contributed by atoms with van der Waals surface area (Å²) in [6.45, 7) is 5.34. The molecule has 1 atom stereocenters. The zero-order valence-electron chi connectivity index (χ0n) is 14.9. The van der Waals surface area contributed by atoms with Crippen LogP contribution in [-0.2, 0) is 0 Å². The van der Waals surface area contributed by atoms with Gasteiger partial charge in [-0.05, 0) is 50.6 Å². The summed E-state index contributed by atoms with van der Waals surface area (Å²) in [7, 11) is 0. The Labute approximate surface area is 159 Å². The molecule has 1 aromatic carbocycles. The molecule has 1 aliphatic rings. The van der Waals surface area contributed by atoms with E-state index in [0.717, 1.165) is 30.2 Å². The number of amides is 1. The lowest BCUT2D eigenvalue weighted by molar-refractivity contribution is 0.0937. The van der Waals surface area contributed by atoms with Crippen molar-refractivity contribution < 1.29 is 4.79 Å². The minimum Gasteiger partial charge on any atom is -0.355 e. The van der Waals surface area contributed by atoms with E-state index in [1.165, 1.54) is 12.8 Å². The van der Waals surface area contributed by atoms with E-state index in [1.54, 1.807) is 12.4 Å². The Kier molecular flexibility index (Phi) is 6.41. The standard InChI is InChI=1S/C19H24ClN5O/c1-2-21-19-23-11-15(12-24-19)18(26)22-13-17(25-9-3-4-10-25)14-5-7-16(20)8-6-14/h5-8,11-12,17H,2-4,9-10,13H2,1H3,(H,22,26)(H,21,23,24)/t17-/m0/s1. The number of carbonyl (C=O) groups is 1. The fourth-order valence-corrected chi connectivity index (χ4v) is 3.31. The van der Waals surface area contributed by atoms with Crippen LogP contribution in [0.5, 0.6) is 0 Å². The highest BCUT2D eigenvalue weighted by molar-refractivity contribution is 6.30. The Morgan fingerprint density at radius 2 is 1.85 bits per heavy atom. The van der Waals surface area contributed by atoms with Gasteiger partial charge in [0.1, 0.15) is 0 Å². The summed E-state index contributed by atoms with van der Waals surface area (Å²) in [5.41, 5.74) is 1.62. The number of nitrogens with zero attached hydrogens (tertiary/aromatic N) is 3. The predicted octanol–water partition coefficient (Wildman–Crippen LogP) is 3.13. The molecule has 0 saturated carbocycles. The van der Waals surface area contributed by atoms with E-state index >= 15 is 0 Å². The van der Waals surface area contributed by atoms with Gasteiger partial charge in [-0.1, -0.05) is 23.7 Å². The van der Waals surface area contributed by atoms with Crippen LogP contribution in [0.4, 0.5) is 5.95 Å². The number of anilines is 1. The maximum atomic E-state index is 12.5. The van der Waals surface area contributed by atoms with E-state index in [4.69, 9.17) is 11.6 Å². The van der Waals surface area contributed by atoms with Gasteiger partial charge in [-0.25, -0.2) is 9.97 Å². The third-order valence-electron chi connectivity index (χ3n) is 4.54. The number of hydrogen-bond acceptors (Lipinski definition) is 5. The van der Waals surface area contributed by atoms with E-state index in [0.29, 0.717) is 18.1 Å². The number of carbonyl (C=O) groups excluding carboxylic acids is 1. The van der Waals surface area contributed by atoms with Crippen molar-refractivity contribution >= 4 is 23.5 Å². The van der Waals surface area contributed by atoms with Crippen LogP contribution >= 0.6 is 11.6 Å². The first-order chi connectivity index (χ1) is 12.7. The summed E-state index contributed by atoms with van der Waals surface area (Å²) in [4.78, 5) is 23.2. The van der Waals surface area contributed by atoms with Crippen molar-refractivity contribution in [3.05, 3.63) is 52.8 Å². The van der Waals surface area contributed by atoms with Gasteiger partial charge in [0.2, 0.25) is 5.95 Å². The first-order valence-corrected chi connectivity index (χ1v) is 9.39. The monoisotopic (exact) mass is 373 g/mol. The molecule has 1 aromatic heterocycles. The van der Waals surface area contributed by atoms with Crippen LogP contribution in [0.25, 0.3) is 0 Å².